The van der Waals surface area contributed by atoms with Crippen LogP contribution in [0.15, 0.2) is 12.3 Å². The van der Waals surface area contributed by atoms with Gasteiger partial charge >= 0.3 is 5.97 Å². The van der Waals surface area contributed by atoms with Gasteiger partial charge in [-0.1, -0.05) is 0 Å². The van der Waals surface area contributed by atoms with Gasteiger partial charge in [0.1, 0.15) is 6.54 Å². The molecule has 0 saturated carbocycles. The molecule has 0 spiro atoms. The van der Waals surface area contributed by atoms with Crippen molar-refractivity contribution in [2.24, 2.45) is 0 Å². The number of aryl methyl sites for hydroxylation is 2. The zero-order chi connectivity index (χ0) is 16.7. The molecule has 8 heteroatoms. The molecule has 0 atom stereocenters. The molecule has 23 heavy (non-hydrogen) atoms. The Bertz CT molecular complexity index is 964. The predicted molar refractivity (Wildman–Crippen MR) is 86.0 cm³/mol. The van der Waals surface area contributed by atoms with Crippen molar-refractivity contribution in [1.29, 1.82) is 0 Å². The SMILES string of the molecule is Cc1nccc2c1sc1c(O)c(C(=O)NCC(=O)O)nc(C)c12. The van der Waals surface area contributed by atoms with Crippen LogP contribution in [-0.4, -0.2) is 38.6 Å². The second-order valence-electron chi connectivity index (χ2n) is 5.05. The third-order valence-electron chi connectivity index (χ3n) is 3.48. The van der Waals surface area contributed by atoms with Crippen molar-refractivity contribution in [3.05, 3.63) is 29.3 Å². The van der Waals surface area contributed by atoms with Crippen molar-refractivity contribution in [3.63, 3.8) is 0 Å². The van der Waals surface area contributed by atoms with E-state index in [0.717, 1.165) is 21.2 Å². The van der Waals surface area contributed by atoms with Crippen molar-refractivity contribution in [1.82, 2.24) is 15.3 Å². The number of aliphatic carboxylic acids is 1. The Kier molecular flexibility index (Phi) is 3.61. The average Bonchev–Trinajstić information content (AvgIpc) is 2.90. The number of aromatic nitrogens is 2. The molecule has 7 nitrogen and oxygen atoms in total. The molecular weight excluding hydrogens is 318 g/mol. The number of hydrogen-bond donors (Lipinski definition) is 3. The van der Waals surface area contributed by atoms with E-state index in [-0.39, 0.29) is 11.4 Å². The summed E-state index contributed by atoms with van der Waals surface area (Å²) in [5.41, 5.74) is 1.25. The molecule has 0 fully saturated rings. The van der Waals surface area contributed by atoms with E-state index in [9.17, 15) is 14.7 Å². The summed E-state index contributed by atoms with van der Waals surface area (Å²) in [7, 11) is 0. The lowest BCUT2D eigenvalue weighted by Gasteiger charge is -2.07. The van der Waals surface area contributed by atoms with Crippen LogP contribution in [0.1, 0.15) is 21.9 Å². The Balaban J connectivity index is 2.22. The number of nitrogens with zero attached hydrogens (tertiary/aromatic N) is 2. The summed E-state index contributed by atoms with van der Waals surface area (Å²) in [5, 5.41) is 23.0. The van der Waals surface area contributed by atoms with Crippen LogP contribution in [-0.2, 0) is 4.79 Å². The van der Waals surface area contributed by atoms with Crippen LogP contribution in [0.25, 0.3) is 20.2 Å². The summed E-state index contributed by atoms with van der Waals surface area (Å²) in [4.78, 5) is 31.0. The molecule has 3 aromatic heterocycles. The van der Waals surface area contributed by atoms with Crippen LogP contribution < -0.4 is 5.32 Å². The molecule has 3 rings (SSSR count). The fraction of sp³-hybridized carbons (Fsp3) is 0.200. The lowest BCUT2D eigenvalue weighted by molar-refractivity contribution is -0.135. The summed E-state index contributed by atoms with van der Waals surface area (Å²) in [6.07, 6.45) is 1.69. The van der Waals surface area contributed by atoms with Gasteiger partial charge in [-0.25, -0.2) is 4.98 Å². The highest BCUT2D eigenvalue weighted by Crippen LogP contribution is 2.41. The van der Waals surface area contributed by atoms with E-state index in [1.54, 1.807) is 13.1 Å². The van der Waals surface area contributed by atoms with Crippen molar-refractivity contribution in [2.45, 2.75) is 13.8 Å². The maximum absolute atomic E-state index is 12.0. The zero-order valence-electron chi connectivity index (χ0n) is 12.4. The predicted octanol–water partition coefficient (Wildman–Crippen LogP) is 1.98. The Morgan fingerprint density at radius 2 is 2.00 bits per heavy atom. The summed E-state index contributed by atoms with van der Waals surface area (Å²) in [6, 6.07) is 1.85. The highest BCUT2D eigenvalue weighted by atomic mass is 32.1. The monoisotopic (exact) mass is 331 g/mol. The van der Waals surface area contributed by atoms with Crippen molar-refractivity contribution in [3.8, 4) is 5.75 Å². The quantitative estimate of drug-likeness (QED) is 0.676. The minimum absolute atomic E-state index is 0.173. The molecule has 118 valence electrons. The number of pyridine rings is 2. The lowest BCUT2D eigenvalue weighted by atomic mass is 10.1. The molecule has 0 unspecified atom stereocenters. The fourth-order valence-electron chi connectivity index (χ4n) is 2.46. The Hall–Kier alpha value is -2.74. The van der Waals surface area contributed by atoms with E-state index < -0.39 is 18.4 Å². The van der Waals surface area contributed by atoms with Crippen molar-refractivity contribution in [2.75, 3.05) is 6.54 Å². The third-order valence-corrected chi connectivity index (χ3v) is 4.80. The fourth-order valence-corrected chi connectivity index (χ4v) is 3.70. The summed E-state index contributed by atoms with van der Waals surface area (Å²) < 4.78 is 1.47. The molecule has 0 bridgehead atoms. The molecular formula is C15H13N3O4S. The number of fused-ring (bicyclic) bond motifs is 3. The van der Waals surface area contributed by atoms with Gasteiger partial charge in [0.25, 0.3) is 5.91 Å². The number of nitrogens with one attached hydrogen (secondary N) is 1. The smallest absolute Gasteiger partial charge is 0.322 e. The topological polar surface area (TPSA) is 112 Å². The summed E-state index contributed by atoms with van der Waals surface area (Å²) >= 11 is 1.34. The van der Waals surface area contributed by atoms with Crippen LogP contribution >= 0.6 is 11.3 Å². The Labute approximate surface area is 134 Å². The first-order valence-corrected chi connectivity index (χ1v) is 7.59. The standard InChI is InChI=1S/C15H13N3O4S/c1-6-10-8-3-4-16-7(2)13(8)23-14(10)12(21)11(18-6)15(22)17-5-9(19)20/h3-4,21H,5H2,1-2H3,(H,17,22)(H,19,20). The molecule has 0 aromatic carbocycles. The van der Waals surface area contributed by atoms with E-state index in [1.165, 1.54) is 11.3 Å². The number of carbonyl (C=O) groups excluding carboxylic acids is 1. The number of hydrogen-bond acceptors (Lipinski definition) is 6. The summed E-state index contributed by atoms with van der Waals surface area (Å²) in [5.74, 6) is -2.13. The highest BCUT2D eigenvalue weighted by Gasteiger charge is 2.21. The van der Waals surface area contributed by atoms with Crippen LogP contribution in [0.4, 0.5) is 0 Å². The van der Waals surface area contributed by atoms with Gasteiger partial charge in [0, 0.05) is 22.7 Å². The van der Waals surface area contributed by atoms with E-state index in [2.05, 4.69) is 15.3 Å². The molecule has 3 aromatic rings. The lowest BCUT2D eigenvalue weighted by Crippen LogP contribution is -2.30. The van der Waals surface area contributed by atoms with Gasteiger partial charge in [-0.05, 0) is 19.9 Å². The molecule has 0 aliphatic carbocycles. The molecule has 0 saturated heterocycles. The minimum Gasteiger partial charge on any atom is -0.504 e. The van der Waals surface area contributed by atoms with E-state index in [1.807, 2.05) is 13.0 Å². The first kappa shape index (κ1) is 15.2. The number of rotatable bonds is 3. The van der Waals surface area contributed by atoms with Crippen LogP contribution in [0.5, 0.6) is 5.75 Å². The average molecular weight is 331 g/mol. The number of carboxylic acid groups (broad SMARTS) is 1. The number of aromatic hydroxyl groups is 1. The largest absolute Gasteiger partial charge is 0.504 e. The molecule has 0 radical (unpaired) electrons. The number of thiophene rings is 1. The first-order valence-electron chi connectivity index (χ1n) is 6.77. The second kappa shape index (κ2) is 5.47. The maximum Gasteiger partial charge on any atom is 0.322 e. The van der Waals surface area contributed by atoms with Gasteiger partial charge in [-0.2, -0.15) is 0 Å². The summed E-state index contributed by atoms with van der Waals surface area (Å²) in [6.45, 7) is 3.09. The normalized spacial score (nSPS) is 11.0. The number of amides is 1. The maximum atomic E-state index is 12.0. The highest BCUT2D eigenvalue weighted by molar-refractivity contribution is 7.26. The first-order chi connectivity index (χ1) is 10.9. The Morgan fingerprint density at radius 1 is 1.26 bits per heavy atom. The van der Waals surface area contributed by atoms with Gasteiger partial charge < -0.3 is 15.5 Å². The molecule has 0 aliphatic heterocycles. The van der Waals surface area contributed by atoms with Gasteiger partial charge in [0.15, 0.2) is 11.4 Å². The van der Waals surface area contributed by atoms with Gasteiger partial charge in [0.05, 0.1) is 15.1 Å². The van der Waals surface area contributed by atoms with E-state index in [4.69, 9.17) is 5.11 Å². The third kappa shape index (κ3) is 2.46. The van der Waals surface area contributed by atoms with Crippen LogP contribution in [0.2, 0.25) is 0 Å². The van der Waals surface area contributed by atoms with Gasteiger partial charge in [0.2, 0.25) is 0 Å². The van der Waals surface area contributed by atoms with E-state index in [0.29, 0.717) is 10.4 Å². The van der Waals surface area contributed by atoms with Crippen LogP contribution in [0.3, 0.4) is 0 Å². The molecule has 3 heterocycles. The van der Waals surface area contributed by atoms with E-state index >= 15 is 0 Å². The van der Waals surface area contributed by atoms with Crippen molar-refractivity contribution >= 4 is 43.4 Å². The van der Waals surface area contributed by atoms with Gasteiger partial charge in [-0.15, -0.1) is 11.3 Å². The molecule has 1 amide bonds. The minimum atomic E-state index is -1.17. The van der Waals surface area contributed by atoms with Gasteiger partial charge in [-0.3, -0.25) is 14.6 Å². The molecule has 0 aliphatic rings. The molecule has 3 N–H and O–H groups in total. The number of carboxylic acids is 1. The second-order valence-corrected chi connectivity index (χ2v) is 6.07. The Morgan fingerprint density at radius 3 is 2.70 bits per heavy atom. The van der Waals surface area contributed by atoms with Crippen LogP contribution in [0, 0.1) is 13.8 Å². The van der Waals surface area contributed by atoms with Crippen molar-refractivity contribution < 1.29 is 19.8 Å². The zero-order valence-corrected chi connectivity index (χ0v) is 13.2. The number of carbonyl (C=O) groups is 2.